The molecule has 1 atom stereocenters. The van der Waals surface area contributed by atoms with Gasteiger partial charge in [0.25, 0.3) is 0 Å². The molecule has 7 nitrogen and oxygen atoms in total. The number of hydrogen-bond acceptors (Lipinski definition) is 6. The van der Waals surface area contributed by atoms with Crippen molar-refractivity contribution in [2.75, 3.05) is 24.7 Å². The molecule has 2 aliphatic heterocycles. The van der Waals surface area contributed by atoms with Gasteiger partial charge < -0.3 is 4.74 Å². The lowest BCUT2D eigenvalue weighted by Gasteiger charge is -2.36. The van der Waals surface area contributed by atoms with Crippen molar-refractivity contribution in [3.05, 3.63) is 29.8 Å². The van der Waals surface area contributed by atoms with Gasteiger partial charge in [0, 0.05) is 11.7 Å². The van der Waals surface area contributed by atoms with Gasteiger partial charge in [-0.3, -0.25) is 18.2 Å². The van der Waals surface area contributed by atoms with Crippen LogP contribution in [0.3, 0.4) is 0 Å². The molecule has 3 N–H and O–H groups in total. The van der Waals surface area contributed by atoms with Gasteiger partial charge in [-0.1, -0.05) is 12.1 Å². The summed E-state index contributed by atoms with van der Waals surface area (Å²) in [5.41, 5.74) is 1.69. The van der Waals surface area contributed by atoms with Crippen LogP contribution in [0.5, 0.6) is 0 Å². The highest BCUT2D eigenvalue weighted by Gasteiger charge is 2.29. The van der Waals surface area contributed by atoms with Crippen LogP contribution >= 0.6 is 11.1 Å². The quantitative estimate of drug-likeness (QED) is 0.776. The standard InChI is InChI=1S/C12H16N2O5S/c15-12-14(6-8-18-12)10-3-1-9(2-4-10)11-5-7-19-20(16,17)13-11/h1-4,11,13,16-17H,5-8H2. The second kappa shape index (κ2) is 5.23. The number of amides is 1. The van der Waals surface area contributed by atoms with E-state index in [1.807, 2.05) is 24.3 Å². The Bertz CT molecular complexity index is 507. The van der Waals surface area contributed by atoms with Crippen molar-refractivity contribution in [3.63, 3.8) is 0 Å². The number of benzene rings is 1. The predicted octanol–water partition coefficient (Wildman–Crippen LogP) is 2.27. The highest BCUT2D eigenvalue weighted by molar-refractivity contribution is 8.18. The lowest BCUT2D eigenvalue weighted by molar-refractivity contribution is 0.181. The molecule has 2 fully saturated rings. The predicted molar refractivity (Wildman–Crippen MR) is 74.4 cm³/mol. The average Bonchev–Trinajstić information content (AvgIpc) is 2.84. The summed E-state index contributed by atoms with van der Waals surface area (Å²) >= 11 is -3.15. The number of cyclic esters (lactones) is 1. The summed E-state index contributed by atoms with van der Waals surface area (Å²) < 4.78 is 31.4. The van der Waals surface area contributed by atoms with Crippen molar-refractivity contribution in [1.29, 1.82) is 0 Å². The van der Waals surface area contributed by atoms with E-state index in [4.69, 9.17) is 8.92 Å². The van der Waals surface area contributed by atoms with E-state index in [-0.39, 0.29) is 12.1 Å². The number of nitrogens with zero attached hydrogens (tertiary/aromatic N) is 1. The van der Waals surface area contributed by atoms with Crippen LogP contribution in [0.4, 0.5) is 10.5 Å². The minimum atomic E-state index is -3.15. The fraction of sp³-hybridized carbons (Fsp3) is 0.417. The first-order valence-electron chi connectivity index (χ1n) is 6.29. The molecule has 0 saturated carbocycles. The van der Waals surface area contributed by atoms with Gasteiger partial charge in [-0.2, -0.15) is 0 Å². The number of hydrogen-bond donors (Lipinski definition) is 3. The molecule has 20 heavy (non-hydrogen) atoms. The van der Waals surface area contributed by atoms with Crippen LogP contribution in [0.1, 0.15) is 18.0 Å². The zero-order valence-electron chi connectivity index (χ0n) is 10.7. The molecule has 0 spiro atoms. The minimum absolute atomic E-state index is 0.173. The van der Waals surface area contributed by atoms with Crippen LogP contribution in [-0.2, 0) is 8.92 Å². The SMILES string of the molecule is O=C1OCCN1c1ccc(C2CCOS(O)(O)N2)cc1. The molecule has 0 radical (unpaired) electrons. The molecule has 2 saturated heterocycles. The van der Waals surface area contributed by atoms with E-state index in [0.29, 0.717) is 26.2 Å². The maximum absolute atomic E-state index is 11.5. The van der Waals surface area contributed by atoms with E-state index in [1.165, 1.54) is 0 Å². The Morgan fingerprint density at radius 3 is 2.60 bits per heavy atom. The highest BCUT2D eigenvalue weighted by atomic mass is 32.3. The van der Waals surface area contributed by atoms with Crippen molar-refractivity contribution >= 4 is 22.8 Å². The Kier molecular flexibility index (Phi) is 3.57. The monoisotopic (exact) mass is 300 g/mol. The van der Waals surface area contributed by atoms with Crippen molar-refractivity contribution in [3.8, 4) is 0 Å². The van der Waals surface area contributed by atoms with Crippen molar-refractivity contribution in [1.82, 2.24) is 4.72 Å². The van der Waals surface area contributed by atoms with Gasteiger partial charge in [-0.25, -0.2) is 9.52 Å². The first-order valence-corrected chi connectivity index (χ1v) is 7.76. The van der Waals surface area contributed by atoms with Crippen LogP contribution in [0, 0.1) is 0 Å². The van der Waals surface area contributed by atoms with Gasteiger partial charge in [0.05, 0.1) is 13.2 Å². The second-order valence-corrected chi connectivity index (χ2v) is 6.10. The fourth-order valence-electron chi connectivity index (χ4n) is 2.31. The summed E-state index contributed by atoms with van der Waals surface area (Å²) in [6, 6.07) is 7.20. The molecule has 2 heterocycles. The maximum Gasteiger partial charge on any atom is 0.414 e. The molecule has 8 heteroatoms. The molecule has 0 aromatic heterocycles. The van der Waals surface area contributed by atoms with E-state index in [1.54, 1.807) is 4.90 Å². The number of rotatable bonds is 2. The topological polar surface area (TPSA) is 91.3 Å². The van der Waals surface area contributed by atoms with E-state index in [2.05, 4.69) is 4.72 Å². The summed E-state index contributed by atoms with van der Waals surface area (Å²) in [6.45, 7) is 1.25. The van der Waals surface area contributed by atoms with E-state index in [9.17, 15) is 13.9 Å². The van der Waals surface area contributed by atoms with Crippen LogP contribution < -0.4 is 9.62 Å². The first-order chi connectivity index (χ1) is 9.55. The molecule has 2 aliphatic rings. The summed E-state index contributed by atoms with van der Waals surface area (Å²) in [7, 11) is 0. The zero-order valence-corrected chi connectivity index (χ0v) is 11.5. The third-order valence-corrected chi connectivity index (χ3v) is 4.40. The van der Waals surface area contributed by atoms with Crippen molar-refractivity contribution in [2.45, 2.75) is 12.5 Å². The van der Waals surface area contributed by atoms with Gasteiger partial charge in [0.15, 0.2) is 11.1 Å². The molecule has 3 rings (SSSR count). The lowest BCUT2D eigenvalue weighted by atomic mass is 10.0. The summed E-state index contributed by atoms with van der Waals surface area (Å²) in [5.74, 6) is 0. The highest BCUT2D eigenvalue weighted by Crippen LogP contribution is 2.43. The van der Waals surface area contributed by atoms with E-state index < -0.39 is 11.1 Å². The molecule has 0 bridgehead atoms. The molecule has 1 aromatic carbocycles. The van der Waals surface area contributed by atoms with Gasteiger partial charge in [-0.05, 0) is 24.1 Å². The largest absolute Gasteiger partial charge is 0.447 e. The average molecular weight is 300 g/mol. The maximum atomic E-state index is 11.5. The number of carbonyl (C=O) groups excluding carboxylic acids is 1. The summed E-state index contributed by atoms with van der Waals surface area (Å²) in [5, 5.41) is 0. The Morgan fingerprint density at radius 1 is 1.25 bits per heavy atom. The van der Waals surface area contributed by atoms with Gasteiger partial charge in [0.1, 0.15) is 6.61 Å². The van der Waals surface area contributed by atoms with Gasteiger partial charge in [-0.15, -0.1) is 0 Å². The number of carbonyl (C=O) groups is 1. The fourth-order valence-corrected chi connectivity index (χ4v) is 3.33. The Hall–Kier alpha value is -1.32. The third-order valence-electron chi connectivity index (χ3n) is 3.32. The molecule has 1 amide bonds. The second-order valence-electron chi connectivity index (χ2n) is 4.64. The van der Waals surface area contributed by atoms with Crippen molar-refractivity contribution in [2.24, 2.45) is 0 Å². The van der Waals surface area contributed by atoms with E-state index >= 15 is 0 Å². The van der Waals surface area contributed by atoms with Gasteiger partial charge >= 0.3 is 6.09 Å². The third kappa shape index (κ3) is 2.74. The van der Waals surface area contributed by atoms with Crippen molar-refractivity contribution < 1.29 is 22.8 Å². The minimum Gasteiger partial charge on any atom is -0.447 e. The molecular formula is C12H16N2O5S. The smallest absolute Gasteiger partial charge is 0.414 e. The number of ether oxygens (including phenoxy) is 1. The number of nitrogens with one attached hydrogen (secondary N) is 1. The Morgan fingerprint density at radius 2 is 2.00 bits per heavy atom. The van der Waals surface area contributed by atoms with E-state index in [0.717, 1.165) is 11.3 Å². The lowest BCUT2D eigenvalue weighted by Crippen LogP contribution is -2.32. The molecule has 1 aromatic rings. The van der Waals surface area contributed by atoms with Crippen LogP contribution in [0.2, 0.25) is 0 Å². The normalized spacial score (nSPS) is 27.2. The number of anilines is 1. The summed E-state index contributed by atoms with van der Waals surface area (Å²) in [6.07, 6.45) is 0.317. The Balaban J connectivity index is 1.74. The summed E-state index contributed by atoms with van der Waals surface area (Å²) in [4.78, 5) is 13.0. The molecule has 1 unspecified atom stereocenters. The van der Waals surface area contributed by atoms with Crippen LogP contribution in [-0.4, -0.2) is 35.0 Å². The first kappa shape index (κ1) is 13.7. The molecule has 110 valence electrons. The zero-order chi connectivity index (χ0) is 14.2. The van der Waals surface area contributed by atoms with Crippen LogP contribution in [0.25, 0.3) is 0 Å². The van der Waals surface area contributed by atoms with Gasteiger partial charge in [0.2, 0.25) is 0 Å². The van der Waals surface area contributed by atoms with Crippen LogP contribution in [0.15, 0.2) is 24.3 Å². The Labute approximate surface area is 118 Å². The molecule has 0 aliphatic carbocycles. The molecular weight excluding hydrogens is 284 g/mol.